The molecule has 25 heavy (non-hydrogen) atoms. The summed E-state index contributed by atoms with van der Waals surface area (Å²) in [6, 6.07) is 0.579. The van der Waals surface area contributed by atoms with Crippen molar-refractivity contribution in [1.82, 2.24) is 5.32 Å². The maximum atomic E-state index is 9.67. The summed E-state index contributed by atoms with van der Waals surface area (Å²) in [4.78, 5) is 0. The second-order valence-electron chi connectivity index (χ2n) is 8.42. The van der Waals surface area contributed by atoms with Gasteiger partial charge in [0.15, 0.2) is 0 Å². The molecule has 1 aliphatic rings. The topological polar surface area (TPSA) is 32.3 Å². The van der Waals surface area contributed by atoms with Crippen molar-refractivity contribution in [3.63, 3.8) is 0 Å². The highest BCUT2D eigenvalue weighted by Crippen LogP contribution is 2.16. The van der Waals surface area contributed by atoms with Crippen molar-refractivity contribution >= 4 is 0 Å². The Morgan fingerprint density at radius 1 is 0.680 bits per heavy atom. The average Bonchev–Trinajstić information content (AvgIpc) is 2.61. The Kier molecular flexibility index (Phi) is 15.9. The number of piperidine rings is 1. The zero-order chi connectivity index (χ0) is 18.0. The predicted octanol–water partition coefficient (Wildman–Crippen LogP) is 6.75. The second kappa shape index (κ2) is 17.3. The fraction of sp³-hybridized carbons (Fsp3) is 1.00. The van der Waals surface area contributed by atoms with E-state index in [2.05, 4.69) is 12.2 Å². The van der Waals surface area contributed by atoms with E-state index in [1.165, 1.54) is 109 Å². The molecule has 0 aromatic carbocycles. The molecule has 0 aromatic heterocycles. The van der Waals surface area contributed by atoms with Gasteiger partial charge in [0.05, 0.1) is 6.10 Å². The van der Waals surface area contributed by atoms with Gasteiger partial charge < -0.3 is 10.4 Å². The number of rotatable bonds is 17. The smallest absolute Gasteiger partial charge is 0.0567 e. The molecule has 1 saturated heterocycles. The van der Waals surface area contributed by atoms with Gasteiger partial charge in [-0.2, -0.15) is 0 Å². The van der Waals surface area contributed by atoms with Gasteiger partial charge in [-0.1, -0.05) is 110 Å². The zero-order valence-corrected chi connectivity index (χ0v) is 17.2. The monoisotopic (exact) mass is 353 g/mol. The van der Waals surface area contributed by atoms with Crippen LogP contribution in [0, 0.1) is 0 Å². The van der Waals surface area contributed by atoms with Crippen molar-refractivity contribution < 1.29 is 5.11 Å². The van der Waals surface area contributed by atoms with Gasteiger partial charge in [-0.3, -0.25) is 0 Å². The highest BCUT2D eigenvalue weighted by molar-refractivity contribution is 4.77. The van der Waals surface area contributed by atoms with Gasteiger partial charge in [-0.15, -0.1) is 0 Å². The third-order valence-electron chi connectivity index (χ3n) is 5.87. The van der Waals surface area contributed by atoms with Crippen molar-refractivity contribution in [2.24, 2.45) is 0 Å². The fourth-order valence-electron chi connectivity index (χ4n) is 4.14. The SMILES string of the molecule is CCCCCCCCCCCCCCCCCCC1CC(O)CCN1. The van der Waals surface area contributed by atoms with E-state index in [9.17, 15) is 5.11 Å². The molecule has 0 amide bonds. The average molecular weight is 354 g/mol. The molecule has 1 rings (SSSR count). The molecule has 2 N–H and O–H groups in total. The largest absolute Gasteiger partial charge is 0.393 e. The lowest BCUT2D eigenvalue weighted by Gasteiger charge is -2.27. The second-order valence-corrected chi connectivity index (χ2v) is 8.42. The summed E-state index contributed by atoms with van der Waals surface area (Å²) in [5.41, 5.74) is 0. The van der Waals surface area contributed by atoms with E-state index in [0.29, 0.717) is 6.04 Å². The van der Waals surface area contributed by atoms with Crippen LogP contribution in [-0.4, -0.2) is 23.8 Å². The molecule has 2 atom stereocenters. The van der Waals surface area contributed by atoms with Gasteiger partial charge in [-0.25, -0.2) is 0 Å². The van der Waals surface area contributed by atoms with Crippen LogP contribution < -0.4 is 5.32 Å². The standard InChI is InChI=1S/C23H47NO/c1-2-3-4-5-6-7-8-9-10-11-12-13-14-15-16-17-18-22-21-23(25)19-20-24-22/h22-25H,2-21H2,1H3. The van der Waals surface area contributed by atoms with Crippen LogP contribution in [0.25, 0.3) is 0 Å². The number of hydrogen-bond donors (Lipinski definition) is 2. The van der Waals surface area contributed by atoms with Crippen molar-refractivity contribution in [1.29, 1.82) is 0 Å². The van der Waals surface area contributed by atoms with E-state index in [1.807, 2.05) is 0 Å². The van der Waals surface area contributed by atoms with Crippen LogP contribution in [0.3, 0.4) is 0 Å². The molecular weight excluding hydrogens is 306 g/mol. The number of nitrogens with one attached hydrogen (secondary N) is 1. The first kappa shape index (κ1) is 23.0. The Morgan fingerprint density at radius 2 is 1.12 bits per heavy atom. The molecule has 0 radical (unpaired) electrons. The summed E-state index contributed by atoms with van der Waals surface area (Å²) in [5, 5.41) is 13.2. The summed E-state index contributed by atoms with van der Waals surface area (Å²) >= 11 is 0. The molecule has 2 heteroatoms. The van der Waals surface area contributed by atoms with Gasteiger partial charge in [-0.05, 0) is 25.8 Å². The van der Waals surface area contributed by atoms with E-state index in [1.54, 1.807) is 0 Å². The lowest BCUT2D eigenvalue weighted by atomic mass is 9.96. The van der Waals surface area contributed by atoms with Crippen LogP contribution in [0.5, 0.6) is 0 Å². The molecule has 0 aliphatic carbocycles. The number of unbranched alkanes of at least 4 members (excludes halogenated alkanes) is 15. The summed E-state index contributed by atoms with van der Waals surface area (Å²) in [6.07, 6.45) is 26.1. The Morgan fingerprint density at radius 3 is 1.56 bits per heavy atom. The Balaban J connectivity index is 1.69. The van der Waals surface area contributed by atoms with E-state index in [-0.39, 0.29) is 6.10 Å². The predicted molar refractivity (Wildman–Crippen MR) is 111 cm³/mol. The molecule has 0 saturated carbocycles. The summed E-state index contributed by atoms with van der Waals surface area (Å²) < 4.78 is 0. The lowest BCUT2D eigenvalue weighted by Crippen LogP contribution is -2.40. The quantitative estimate of drug-likeness (QED) is 0.283. The molecule has 1 aliphatic heterocycles. The molecule has 150 valence electrons. The van der Waals surface area contributed by atoms with E-state index >= 15 is 0 Å². The minimum Gasteiger partial charge on any atom is -0.393 e. The van der Waals surface area contributed by atoms with Crippen LogP contribution in [0.1, 0.15) is 129 Å². The summed E-state index contributed by atoms with van der Waals surface area (Å²) in [5.74, 6) is 0. The summed E-state index contributed by atoms with van der Waals surface area (Å²) in [7, 11) is 0. The molecular formula is C23H47NO. The third kappa shape index (κ3) is 14.7. The first-order chi connectivity index (χ1) is 12.3. The number of hydrogen-bond acceptors (Lipinski definition) is 2. The first-order valence-corrected chi connectivity index (χ1v) is 11.7. The Bertz CT molecular complexity index is 269. The minimum absolute atomic E-state index is 0.0488. The van der Waals surface area contributed by atoms with Gasteiger partial charge in [0.2, 0.25) is 0 Å². The van der Waals surface area contributed by atoms with Gasteiger partial charge in [0.25, 0.3) is 0 Å². The maximum Gasteiger partial charge on any atom is 0.0567 e. The normalized spacial score (nSPS) is 20.9. The van der Waals surface area contributed by atoms with Crippen LogP contribution in [0.15, 0.2) is 0 Å². The Labute approximate surface area is 158 Å². The molecule has 0 spiro atoms. The van der Waals surface area contributed by atoms with Crippen molar-refractivity contribution in [3.8, 4) is 0 Å². The van der Waals surface area contributed by atoms with Gasteiger partial charge >= 0.3 is 0 Å². The number of aliphatic hydroxyl groups excluding tert-OH is 1. The van der Waals surface area contributed by atoms with Crippen LogP contribution in [0.4, 0.5) is 0 Å². The molecule has 2 nitrogen and oxygen atoms in total. The Hall–Kier alpha value is -0.0800. The van der Waals surface area contributed by atoms with E-state index in [0.717, 1.165) is 19.4 Å². The van der Waals surface area contributed by atoms with Crippen molar-refractivity contribution in [3.05, 3.63) is 0 Å². The third-order valence-corrected chi connectivity index (χ3v) is 5.87. The van der Waals surface area contributed by atoms with E-state index < -0.39 is 0 Å². The first-order valence-electron chi connectivity index (χ1n) is 11.7. The minimum atomic E-state index is -0.0488. The zero-order valence-electron chi connectivity index (χ0n) is 17.2. The van der Waals surface area contributed by atoms with Crippen molar-refractivity contribution in [2.75, 3.05) is 6.54 Å². The van der Waals surface area contributed by atoms with Crippen LogP contribution in [-0.2, 0) is 0 Å². The lowest BCUT2D eigenvalue weighted by molar-refractivity contribution is 0.113. The van der Waals surface area contributed by atoms with Gasteiger partial charge in [0.1, 0.15) is 0 Å². The molecule has 1 fully saturated rings. The highest BCUT2D eigenvalue weighted by atomic mass is 16.3. The number of aliphatic hydroxyl groups is 1. The van der Waals surface area contributed by atoms with Crippen LogP contribution >= 0.6 is 0 Å². The fourth-order valence-corrected chi connectivity index (χ4v) is 4.14. The molecule has 2 unspecified atom stereocenters. The van der Waals surface area contributed by atoms with E-state index in [4.69, 9.17) is 0 Å². The van der Waals surface area contributed by atoms with Gasteiger partial charge in [0, 0.05) is 6.04 Å². The molecule has 1 heterocycles. The maximum absolute atomic E-state index is 9.67. The summed E-state index contributed by atoms with van der Waals surface area (Å²) in [6.45, 7) is 3.30. The van der Waals surface area contributed by atoms with Crippen molar-refractivity contribution in [2.45, 2.75) is 141 Å². The highest BCUT2D eigenvalue weighted by Gasteiger charge is 2.18. The molecule has 0 bridgehead atoms. The van der Waals surface area contributed by atoms with Crippen LogP contribution in [0.2, 0.25) is 0 Å². The molecule has 0 aromatic rings.